The Balaban J connectivity index is 1.22. The fraction of sp³-hybridized carbons (Fsp3) is 0.184. The summed E-state index contributed by atoms with van der Waals surface area (Å²) in [4.78, 5) is 12.9. The van der Waals surface area contributed by atoms with Crippen LogP contribution in [0, 0.1) is 5.82 Å². The minimum atomic E-state index is -1.44. The molecule has 6 nitrogen and oxygen atoms in total. The van der Waals surface area contributed by atoms with E-state index >= 15 is 0 Å². The van der Waals surface area contributed by atoms with Crippen molar-refractivity contribution < 1.29 is 32.3 Å². The Morgan fingerprint density at radius 1 is 0.739 bits per heavy atom. The molecule has 0 aliphatic carbocycles. The molecule has 8 heteroatoms. The van der Waals surface area contributed by atoms with E-state index in [0.29, 0.717) is 53.1 Å². The molecule has 0 fully saturated rings. The van der Waals surface area contributed by atoms with Crippen molar-refractivity contribution in [1.82, 2.24) is 0 Å². The third-order valence-corrected chi connectivity index (χ3v) is 8.64. The third-order valence-electron chi connectivity index (χ3n) is 7.26. The van der Waals surface area contributed by atoms with Crippen LogP contribution in [0.15, 0.2) is 125 Å². The van der Waals surface area contributed by atoms with Gasteiger partial charge in [0, 0.05) is 27.8 Å². The summed E-state index contributed by atoms with van der Waals surface area (Å²) in [5, 5.41) is 0. The van der Waals surface area contributed by atoms with Crippen molar-refractivity contribution in [3.05, 3.63) is 138 Å². The van der Waals surface area contributed by atoms with Gasteiger partial charge in [-0.1, -0.05) is 55.5 Å². The standard InChI is InChI=1S/C38H35FO6S/c1-3-28-23-35(29-13-17-31(39)18-14-29)37(45-26-27-9-5-4-6-10-27)25-36(28)44-22-8-21-43-32-11-7-12-34(24-32)46(41)33-19-15-30(16-20-33)38(40)42-2/h4-7,9-20,23-25H,3,8,21-22,26H2,1-2H3/t46-/m1/s1. The molecule has 0 N–H and O–H groups in total. The molecule has 0 heterocycles. The van der Waals surface area contributed by atoms with Crippen LogP contribution >= 0.6 is 0 Å². The second-order valence-corrected chi connectivity index (χ2v) is 11.9. The van der Waals surface area contributed by atoms with E-state index in [0.717, 1.165) is 34.4 Å². The van der Waals surface area contributed by atoms with Crippen LogP contribution in [-0.4, -0.2) is 30.5 Å². The van der Waals surface area contributed by atoms with Crippen LogP contribution in [0.4, 0.5) is 4.39 Å². The van der Waals surface area contributed by atoms with Gasteiger partial charge in [0.05, 0.1) is 36.7 Å². The first-order valence-corrected chi connectivity index (χ1v) is 16.2. The molecule has 0 bridgehead atoms. The molecule has 46 heavy (non-hydrogen) atoms. The molecule has 0 spiro atoms. The Morgan fingerprint density at radius 2 is 1.48 bits per heavy atom. The molecule has 5 rings (SSSR count). The van der Waals surface area contributed by atoms with Gasteiger partial charge in [0.2, 0.25) is 0 Å². The van der Waals surface area contributed by atoms with E-state index in [2.05, 4.69) is 6.92 Å². The maximum absolute atomic E-state index is 13.7. The molecule has 5 aromatic carbocycles. The second kappa shape index (κ2) is 15.9. The fourth-order valence-corrected chi connectivity index (χ4v) is 5.89. The van der Waals surface area contributed by atoms with Gasteiger partial charge >= 0.3 is 5.97 Å². The zero-order valence-electron chi connectivity index (χ0n) is 25.7. The van der Waals surface area contributed by atoms with Crippen LogP contribution in [0.25, 0.3) is 11.1 Å². The summed E-state index contributed by atoms with van der Waals surface area (Å²) in [5.74, 6) is 1.25. The summed E-state index contributed by atoms with van der Waals surface area (Å²) in [6.07, 6.45) is 1.36. The van der Waals surface area contributed by atoms with Gasteiger partial charge in [-0.05, 0) is 83.8 Å². The van der Waals surface area contributed by atoms with Crippen molar-refractivity contribution in [3.8, 4) is 28.4 Å². The number of hydrogen-bond donors (Lipinski definition) is 0. The van der Waals surface area contributed by atoms with Gasteiger partial charge in [0.15, 0.2) is 0 Å². The monoisotopic (exact) mass is 638 g/mol. The predicted molar refractivity (Wildman–Crippen MR) is 176 cm³/mol. The first-order valence-electron chi connectivity index (χ1n) is 15.0. The second-order valence-electron chi connectivity index (χ2n) is 10.4. The largest absolute Gasteiger partial charge is 0.493 e. The zero-order valence-corrected chi connectivity index (χ0v) is 26.6. The molecule has 0 amide bonds. The van der Waals surface area contributed by atoms with Gasteiger partial charge in [-0.25, -0.2) is 13.4 Å². The minimum Gasteiger partial charge on any atom is -0.493 e. The maximum atomic E-state index is 13.7. The zero-order chi connectivity index (χ0) is 32.3. The lowest BCUT2D eigenvalue weighted by Crippen LogP contribution is -2.07. The highest BCUT2D eigenvalue weighted by molar-refractivity contribution is 7.85. The van der Waals surface area contributed by atoms with Crippen LogP contribution in [0.2, 0.25) is 0 Å². The SMILES string of the molecule is CCc1cc(-c2ccc(F)cc2)c(OCc2ccccc2)cc1OCCCOc1cccc([S@](=O)c2ccc(C(=O)OC)cc2)c1. The molecule has 0 aliphatic rings. The van der Waals surface area contributed by atoms with Gasteiger partial charge in [0.1, 0.15) is 29.7 Å². The van der Waals surface area contributed by atoms with Crippen molar-refractivity contribution in [2.75, 3.05) is 20.3 Å². The smallest absolute Gasteiger partial charge is 0.337 e. The van der Waals surface area contributed by atoms with Gasteiger partial charge in [-0.3, -0.25) is 0 Å². The van der Waals surface area contributed by atoms with Crippen LogP contribution < -0.4 is 14.2 Å². The van der Waals surface area contributed by atoms with E-state index < -0.39 is 16.8 Å². The average molecular weight is 639 g/mol. The Bertz CT molecular complexity index is 1770. The molecular weight excluding hydrogens is 603 g/mol. The normalized spacial score (nSPS) is 11.5. The molecule has 0 saturated carbocycles. The number of rotatable bonds is 14. The summed E-state index contributed by atoms with van der Waals surface area (Å²) in [6, 6.07) is 33.9. The minimum absolute atomic E-state index is 0.292. The number of carbonyl (C=O) groups excluding carboxylic acids is 1. The number of hydrogen-bond acceptors (Lipinski definition) is 6. The van der Waals surface area contributed by atoms with Gasteiger partial charge in [0.25, 0.3) is 0 Å². The Labute approximate surface area is 271 Å². The molecule has 1 atom stereocenters. The quantitative estimate of drug-likeness (QED) is 0.0898. The summed E-state index contributed by atoms with van der Waals surface area (Å²) in [5.41, 5.74) is 4.19. The Kier molecular flexibility index (Phi) is 11.2. The number of carbonyl (C=O) groups is 1. The number of esters is 1. The van der Waals surface area contributed by atoms with Gasteiger partial charge in [-0.15, -0.1) is 0 Å². The van der Waals surface area contributed by atoms with Crippen molar-refractivity contribution in [2.24, 2.45) is 0 Å². The molecule has 0 unspecified atom stereocenters. The van der Waals surface area contributed by atoms with E-state index in [-0.39, 0.29) is 5.82 Å². The number of aryl methyl sites for hydroxylation is 1. The lowest BCUT2D eigenvalue weighted by atomic mass is 10.00. The average Bonchev–Trinajstić information content (AvgIpc) is 3.11. The molecule has 236 valence electrons. The highest BCUT2D eigenvalue weighted by Crippen LogP contribution is 2.37. The molecule has 0 saturated heterocycles. The van der Waals surface area contributed by atoms with Crippen molar-refractivity contribution >= 4 is 16.8 Å². The number of methoxy groups -OCH3 is 1. The van der Waals surface area contributed by atoms with Crippen molar-refractivity contribution in [1.29, 1.82) is 0 Å². The van der Waals surface area contributed by atoms with Gasteiger partial charge < -0.3 is 18.9 Å². The van der Waals surface area contributed by atoms with Crippen molar-refractivity contribution in [2.45, 2.75) is 36.2 Å². The molecule has 0 aromatic heterocycles. The molecule has 5 aromatic rings. The van der Waals surface area contributed by atoms with E-state index in [1.165, 1.54) is 19.2 Å². The highest BCUT2D eigenvalue weighted by Gasteiger charge is 2.15. The van der Waals surface area contributed by atoms with E-state index in [4.69, 9.17) is 18.9 Å². The lowest BCUT2D eigenvalue weighted by Gasteiger charge is -2.18. The van der Waals surface area contributed by atoms with Gasteiger partial charge in [-0.2, -0.15) is 0 Å². The van der Waals surface area contributed by atoms with Crippen molar-refractivity contribution in [3.63, 3.8) is 0 Å². The number of ether oxygens (including phenoxy) is 4. The first-order chi connectivity index (χ1) is 22.4. The predicted octanol–water partition coefficient (Wildman–Crippen LogP) is 8.44. The van der Waals surface area contributed by atoms with Crippen LogP contribution in [0.1, 0.15) is 34.8 Å². The molecule has 0 radical (unpaired) electrons. The number of halogens is 1. The molecular formula is C38H35FO6S. The topological polar surface area (TPSA) is 71.1 Å². The number of benzene rings is 5. The van der Waals surface area contributed by atoms with E-state index in [9.17, 15) is 13.4 Å². The maximum Gasteiger partial charge on any atom is 0.337 e. The summed E-state index contributed by atoms with van der Waals surface area (Å²) >= 11 is 0. The van der Waals surface area contributed by atoms with Crippen LogP contribution in [0.3, 0.4) is 0 Å². The third kappa shape index (κ3) is 8.40. The molecule has 0 aliphatic heterocycles. The fourth-order valence-electron chi connectivity index (χ4n) is 4.81. The van der Waals surface area contributed by atoms with E-state index in [1.54, 1.807) is 54.6 Å². The summed E-state index contributed by atoms with van der Waals surface area (Å²) in [7, 11) is -0.118. The summed E-state index contributed by atoms with van der Waals surface area (Å²) < 4.78 is 50.0. The Morgan fingerprint density at radius 3 is 2.20 bits per heavy atom. The highest BCUT2D eigenvalue weighted by atomic mass is 32.2. The Hall–Kier alpha value is -4.95. The summed E-state index contributed by atoms with van der Waals surface area (Å²) in [6.45, 7) is 3.26. The van der Waals surface area contributed by atoms with Crippen LogP contribution in [0.5, 0.6) is 17.2 Å². The van der Waals surface area contributed by atoms with E-state index in [1.807, 2.05) is 48.5 Å². The van der Waals surface area contributed by atoms with Crippen LogP contribution in [-0.2, 0) is 28.6 Å². The lowest BCUT2D eigenvalue weighted by molar-refractivity contribution is 0.0600. The first kappa shape index (κ1) is 32.4.